The van der Waals surface area contributed by atoms with Gasteiger partial charge in [0.2, 0.25) is 0 Å². The molecule has 1 aromatic rings. The monoisotopic (exact) mass is 309 g/mol. The Bertz CT molecular complexity index is 458. The number of nitrogens with zero attached hydrogens (tertiary/aromatic N) is 2. The van der Waals surface area contributed by atoms with E-state index in [9.17, 15) is 0 Å². The van der Waals surface area contributed by atoms with Crippen LogP contribution in [0.1, 0.15) is 55.5 Å². The predicted molar refractivity (Wildman–Crippen MR) is 88.3 cm³/mol. The first-order valence-electron chi connectivity index (χ1n) is 8.25. The van der Waals surface area contributed by atoms with Crippen molar-refractivity contribution < 1.29 is 4.74 Å². The molecule has 1 saturated carbocycles. The SMILES string of the molecule is COCCNCc1sc(N2CCCCC2C)nc1C1CC1. The Hall–Kier alpha value is -0.650. The van der Waals surface area contributed by atoms with Crippen molar-refractivity contribution in [2.45, 2.75) is 57.5 Å². The van der Waals surface area contributed by atoms with E-state index >= 15 is 0 Å². The summed E-state index contributed by atoms with van der Waals surface area (Å²) in [5.74, 6) is 0.731. The smallest absolute Gasteiger partial charge is 0.186 e. The van der Waals surface area contributed by atoms with Crippen LogP contribution in [0.4, 0.5) is 5.13 Å². The molecule has 0 aromatic carbocycles. The fraction of sp³-hybridized carbons (Fsp3) is 0.812. The molecule has 1 atom stereocenters. The number of anilines is 1. The number of rotatable bonds is 7. The van der Waals surface area contributed by atoms with E-state index in [1.165, 1.54) is 54.4 Å². The van der Waals surface area contributed by atoms with Crippen molar-refractivity contribution in [3.8, 4) is 0 Å². The molecular weight excluding hydrogens is 282 g/mol. The molecule has 0 radical (unpaired) electrons. The van der Waals surface area contributed by atoms with Crippen molar-refractivity contribution in [1.29, 1.82) is 0 Å². The van der Waals surface area contributed by atoms with E-state index in [0.29, 0.717) is 6.04 Å². The summed E-state index contributed by atoms with van der Waals surface area (Å²) in [5, 5.41) is 4.74. The second-order valence-electron chi connectivity index (χ2n) is 6.29. The van der Waals surface area contributed by atoms with E-state index in [1.807, 2.05) is 11.3 Å². The van der Waals surface area contributed by atoms with E-state index in [4.69, 9.17) is 9.72 Å². The summed E-state index contributed by atoms with van der Waals surface area (Å²) >= 11 is 1.91. The van der Waals surface area contributed by atoms with Crippen LogP contribution in [0.2, 0.25) is 0 Å². The fourth-order valence-electron chi connectivity index (χ4n) is 3.03. The molecule has 4 nitrogen and oxygen atoms in total. The summed E-state index contributed by atoms with van der Waals surface area (Å²) in [6.07, 6.45) is 6.63. The number of ether oxygens (including phenoxy) is 1. The van der Waals surface area contributed by atoms with Crippen molar-refractivity contribution in [2.75, 3.05) is 31.7 Å². The Morgan fingerprint density at radius 3 is 2.90 bits per heavy atom. The highest BCUT2D eigenvalue weighted by Gasteiger charge is 2.31. The lowest BCUT2D eigenvalue weighted by Gasteiger charge is -2.33. The average molecular weight is 309 g/mol. The molecule has 5 heteroatoms. The van der Waals surface area contributed by atoms with Gasteiger partial charge >= 0.3 is 0 Å². The van der Waals surface area contributed by atoms with Gasteiger partial charge in [0.05, 0.1) is 12.3 Å². The quantitative estimate of drug-likeness (QED) is 0.785. The number of thiazole rings is 1. The van der Waals surface area contributed by atoms with Gasteiger partial charge in [-0.2, -0.15) is 0 Å². The van der Waals surface area contributed by atoms with Crippen molar-refractivity contribution in [3.05, 3.63) is 10.6 Å². The molecule has 1 aromatic heterocycles. The maximum absolute atomic E-state index is 5.10. The van der Waals surface area contributed by atoms with Crippen LogP contribution in [0.3, 0.4) is 0 Å². The van der Waals surface area contributed by atoms with E-state index in [1.54, 1.807) is 7.11 Å². The highest BCUT2D eigenvalue weighted by atomic mass is 32.1. The van der Waals surface area contributed by atoms with Crippen LogP contribution in [-0.2, 0) is 11.3 Å². The van der Waals surface area contributed by atoms with Gasteiger partial charge in [-0.05, 0) is 39.0 Å². The number of piperidine rings is 1. The van der Waals surface area contributed by atoms with Crippen LogP contribution in [-0.4, -0.2) is 37.8 Å². The number of hydrogen-bond acceptors (Lipinski definition) is 5. The molecule has 0 spiro atoms. The van der Waals surface area contributed by atoms with Gasteiger partial charge in [-0.1, -0.05) is 0 Å². The number of hydrogen-bond donors (Lipinski definition) is 1. The molecule has 118 valence electrons. The first-order chi connectivity index (χ1) is 10.3. The standard InChI is InChI=1S/C16H27N3OS/c1-12-5-3-4-9-19(12)16-18-15(13-6-7-13)14(21-16)11-17-8-10-20-2/h12-13,17H,3-11H2,1-2H3. The minimum atomic E-state index is 0.645. The minimum absolute atomic E-state index is 0.645. The van der Waals surface area contributed by atoms with Gasteiger partial charge in [0.25, 0.3) is 0 Å². The molecule has 3 rings (SSSR count). The molecule has 2 aliphatic rings. The first kappa shape index (κ1) is 15.3. The summed E-state index contributed by atoms with van der Waals surface area (Å²) in [6, 6.07) is 0.645. The number of nitrogens with one attached hydrogen (secondary N) is 1. The maximum Gasteiger partial charge on any atom is 0.186 e. The van der Waals surface area contributed by atoms with Crippen molar-refractivity contribution >= 4 is 16.5 Å². The third-order valence-corrected chi connectivity index (χ3v) is 5.61. The van der Waals surface area contributed by atoms with E-state index in [2.05, 4.69) is 17.1 Å². The van der Waals surface area contributed by atoms with Crippen molar-refractivity contribution in [3.63, 3.8) is 0 Å². The van der Waals surface area contributed by atoms with Gasteiger partial charge < -0.3 is 15.0 Å². The fourth-order valence-corrected chi connectivity index (χ4v) is 4.28. The zero-order chi connectivity index (χ0) is 14.7. The van der Waals surface area contributed by atoms with Gasteiger partial charge in [0, 0.05) is 43.6 Å². The minimum Gasteiger partial charge on any atom is -0.383 e. The third kappa shape index (κ3) is 3.76. The second-order valence-corrected chi connectivity index (χ2v) is 7.35. The molecule has 2 heterocycles. The molecule has 1 N–H and O–H groups in total. The molecule has 1 aliphatic carbocycles. The summed E-state index contributed by atoms with van der Waals surface area (Å²) in [4.78, 5) is 8.99. The van der Waals surface area contributed by atoms with E-state index in [0.717, 1.165) is 25.6 Å². The second kappa shape index (κ2) is 7.07. The van der Waals surface area contributed by atoms with Crippen LogP contribution in [0.15, 0.2) is 0 Å². The molecule has 1 unspecified atom stereocenters. The Balaban J connectivity index is 1.69. The maximum atomic E-state index is 5.10. The highest BCUT2D eigenvalue weighted by Crippen LogP contribution is 2.44. The van der Waals surface area contributed by atoms with Gasteiger partial charge in [-0.15, -0.1) is 11.3 Å². The third-order valence-electron chi connectivity index (χ3n) is 4.50. The number of methoxy groups -OCH3 is 1. The lowest BCUT2D eigenvalue weighted by molar-refractivity contribution is 0.199. The first-order valence-corrected chi connectivity index (χ1v) is 9.07. The molecule has 0 bridgehead atoms. The van der Waals surface area contributed by atoms with Gasteiger partial charge in [-0.3, -0.25) is 0 Å². The lowest BCUT2D eigenvalue weighted by Crippen LogP contribution is -2.37. The molecule has 0 amide bonds. The van der Waals surface area contributed by atoms with E-state index < -0.39 is 0 Å². The molecule has 1 aliphatic heterocycles. The van der Waals surface area contributed by atoms with Crippen LogP contribution in [0, 0.1) is 0 Å². The average Bonchev–Trinajstić information content (AvgIpc) is 3.25. The highest BCUT2D eigenvalue weighted by molar-refractivity contribution is 7.15. The van der Waals surface area contributed by atoms with Crippen LogP contribution in [0.25, 0.3) is 0 Å². The summed E-state index contributed by atoms with van der Waals surface area (Å²) in [5.41, 5.74) is 1.37. The zero-order valence-electron chi connectivity index (χ0n) is 13.2. The largest absolute Gasteiger partial charge is 0.383 e. The Labute approximate surface area is 131 Å². The Morgan fingerprint density at radius 1 is 1.33 bits per heavy atom. The number of aromatic nitrogens is 1. The summed E-state index contributed by atoms with van der Waals surface area (Å²) in [7, 11) is 1.75. The molecule has 2 fully saturated rings. The normalized spacial score (nSPS) is 22.8. The van der Waals surface area contributed by atoms with Crippen LogP contribution in [0.5, 0.6) is 0 Å². The summed E-state index contributed by atoms with van der Waals surface area (Å²) < 4.78 is 5.10. The van der Waals surface area contributed by atoms with Crippen molar-refractivity contribution in [2.24, 2.45) is 0 Å². The molecule has 21 heavy (non-hydrogen) atoms. The van der Waals surface area contributed by atoms with Crippen molar-refractivity contribution in [1.82, 2.24) is 10.3 Å². The van der Waals surface area contributed by atoms with Crippen LogP contribution < -0.4 is 10.2 Å². The van der Waals surface area contributed by atoms with Gasteiger partial charge in [0.1, 0.15) is 0 Å². The Kier molecular flexibility index (Phi) is 5.14. The van der Waals surface area contributed by atoms with E-state index in [-0.39, 0.29) is 0 Å². The molecular formula is C16H27N3OS. The Morgan fingerprint density at radius 2 is 2.19 bits per heavy atom. The predicted octanol–water partition coefficient (Wildman–Crippen LogP) is 3.14. The topological polar surface area (TPSA) is 37.4 Å². The lowest BCUT2D eigenvalue weighted by atomic mass is 10.0. The van der Waals surface area contributed by atoms with Crippen LogP contribution >= 0.6 is 11.3 Å². The zero-order valence-corrected chi connectivity index (χ0v) is 14.0. The summed E-state index contributed by atoms with van der Waals surface area (Å²) in [6.45, 7) is 6.14. The van der Waals surface area contributed by atoms with Gasteiger partial charge in [-0.25, -0.2) is 4.98 Å². The molecule has 1 saturated heterocycles. The van der Waals surface area contributed by atoms with Gasteiger partial charge in [0.15, 0.2) is 5.13 Å².